The molecule has 1 aromatic rings. The molecule has 0 unspecified atom stereocenters. The molecule has 0 saturated carbocycles. The van der Waals surface area contributed by atoms with E-state index in [9.17, 15) is 0 Å². The predicted octanol–water partition coefficient (Wildman–Crippen LogP) is 2.32. The summed E-state index contributed by atoms with van der Waals surface area (Å²) in [6.07, 6.45) is 0. The predicted molar refractivity (Wildman–Crippen MR) is 72.0 cm³/mol. The largest absolute Gasteiger partial charge is 0.493 e. The maximum absolute atomic E-state index is 5.44. The van der Waals surface area contributed by atoms with E-state index in [1.807, 2.05) is 18.2 Å². The van der Waals surface area contributed by atoms with E-state index in [1.54, 1.807) is 26.0 Å². The molecule has 0 saturated heterocycles. The van der Waals surface area contributed by atoms with Crippen LogP contribution in [0, 0.1) is 0 Å². The fourth-order valence-corrected chi connectivity index (χ4v) is 2.09. The molecule has 0 amide bonds. The Bertz CT molecular complexity index is 310. The molecule has 0 radical (unpaired) electrons. The summed E-state index contributed by atoms with van der Waals surface area (Å²) in [6, 6.07) is 5.92. The molecule has 0 aromatic heterocycles. The van der Waals surface area contributed by atoms with Crippen LogP contribution in [-0.4, -0.2) is 26.5 Å². The average molecular weight is 264 g/mol. The zero-order valence-corrected chi connectivity index (χ0v) is 11.2. The van der Waals surface area contributed by atoms with E-state index in [0.717, 1.165) is 28.6 Å². The van der Waals surface area contributed by atoms with Gasteiger partial charge >= 0.3 is 0 Å². The Hall–Kier alpha value is -0.580. The van der Waals surface area contributed by atoms with Crippen molar-refractivity contribution in [1.82, 2.24) is 0 Å². The third kappa shape index (κ3) is 4.12. The highest BCUT2D eigenvalue weighted by molar-refractivity contribution is 7.98. The van der Waals surface area contributed by atoms with Gasteiger partial charge in [0.2, 0.25) is 0 Å². The average Bonchev–Trinajstić information content (AvgIpc) is 2.29. The van der Waals surface area contributed by atoms with Crippen molar-refractivity contribution in [1.29, 1.82) is 0 Å². The van der Waals surface area contributed by atoms with Crippen LogP contribution in [0.1, 0.15) is 5.56 Å². The first-order valence-electron chi connectivity index (χ1n) is 4.81. The second kappa shape index (κ2) is 8.56. The molecule has 0 aliphatic rings. The van der Waals surface area contributed by atoms with Gasteiger partial charge in [0.25, 0.3) is 0 Å². The number of ether oxygens (including phenoxy) is 2. The lowest BCUT2D eigenvalue weighted by molar-refractivity contribution is 0.352. The molecule has 0 atom stereocenters. The van der Waals surface area contributed by atoms with Gasteiger partial charge in [-0.15, -0.1) is 12.4 Å². The van der Waals surface area contributed by atoms with Crippen LogP contribution in [0.2, 0.25) is 0 Å². The molecule has 1 rings (SSSR count). The van der Waals surface area contributed by atoms with E-state index < -0.39 is 0 Å². The second-order valence-corrected chi connectivity index (χ2v) is 4.10. The molecular formula is C11H18ClNO2S. The number of nitrogens with two attached hydrogens (primary N) is 1. The van der Waals surface area contributed by atoms with Gasteiger partial charge in [-0.2, -0.15) is 11.8 Å². The standard InChI is InChI=1S/C11H17NO2S.ClH/c1-13-10-5-3-4-9(11(10)14-2)8-15-7-6-12;/h3-5H,6-8,12H2,1-2H3;1H. The fraction of sp³-hybridized carbons (Fsp3) is 0.455. The van der Waals surface area contributed by atoms with Crippen molar-refractivity contribution in [3.05, 3.63) is 23.8 Å². The van der Waals surface area contributed by atoms with E-state index in [4.69, 9.17) is 15.2 Å². The number of para-hydroxylation sites is 1. The lowest BCUT2D eigenvalue weighted by Crippen LogP contribution is -2.02. The van der Waals surface area contributed by atoms with Crippen LogP contribution < -0.4 is 15.2 Å². The summed E-state index contributed by atoms with van der Waals surface area (Å²) < 4.78 is 10.6. The minimum Gasteiger partial charge on any atom is -0.493 e. The van der Waals surface area contributed by atoms with Gasteiger partial charge in [-0.3, -0.25) is 0 Å². The van der Waals surface area contributed by atoms with Crippen LogP contribution in [0.25, 0.3) is 0 Å². The van der Waals surface area contributed by atoms with Crippen molar-refractivity contribution in [2.75, 3.05) is 26.5 Å². The minimum atomic E-state index is 0. The van der Waals surface area contributed by atoms with E-state index in [0.29, 0.717) is 6.54 Å². The van der Waals surface area contributed by atoms with Crippen LogP contribution >= 0.6 is 24.2 Å². The number of thioether (sulfide) groups is 1. The zero-order chi connectivity index (χ0) is 11.1. The molecule has 0 aliphatic heterocycles. The fourth-order valence-electron chi connectivity index (χ4n) is 1.33. The molecule has 0 aliphatic carbocycles. The van der Waals surface area contributed by atoms with Crippen LogP contribution in [0.5, 0.6) is 11.5 Å². The van der Waals surface area contributed by atoms with Crippen molar-refractivity contribution in [3.8, 4) is 11.5 Å². The number of hydrogen-bond acceptors (Lipinski definition) is 4. The van der Waals surface area contributed by atoms with Crippen molar-refractivity contribution in [3.63, 3.8) is 0 Å². The third-order valence-corrected chi connectivity index (χ3v) is 3.04. The van der Waals surface area contributed by atoms with Gasteiger partial charge in [-0.05, 0) is 6.07 Å². The van der Waals surface area contributed by atoms with Crippen LogP contribution in [-0.2, 0) is 5.75 Å². The minimum absolute atomic E-state index is 0. The van der Waals surface area contributed by atoms with Gasteiger partial charge in [0, 0.05) is 23.6 Å². The molecule has 0 bridgehead atoms. The Labute approximate surface area is 107 Å². The molecule has 2 N–H and O–H groups in total. The van der Waals surface area contributed by atoms with Gasteiger partial charge in [-0.1, -0.05) is 12.1 Å². The Morgan fingerprint density at radius 2 is 2.00 bits per heavy atom. The zero-order valence-electron chi connectivity index (χ0n) is 9.56. The van der Waals surface area contributed by atoms with Crippen LogP contribution in [0.4, 0.5) is 0 Å². The number of rotatable bonds is 6. The lowest BCUT2D eigenvalue weighted by Gasteiger charge is -2.11. The molecule has 0 heterocycles. The van der Waals surface area contributed by atoms with E-state index >= 15 is 0 Å². The first kappa shape index (κ1) is 15.4. The normalized spacial score (nSPS) is 9.44. The number of methoxy groups -OCH3 is 2. The summed E-state index contributed by atoms with van der Waals surface area (Å²) in [4.78, 5) is 0. The molecule has 1 aromatic carbocycles. The Morgan fingerprint density at radius 1 is 1.25 bits per heavy atom. The SMILES string of the molecule is COc1cccc(CSCCN)c1OC.Cl. The molecule has 3 nitrogen and oxygen atoms in total. The number of benzene rings is 1. The highest BCUT2D eigenvalue weighted by atomic mass is 35.5. The highest BCUT2D eigenvalue weighted by Gasteiger charge is 2.08. The van der Waals surface area contributed by atoms with E-state index in [-0.39, 0.29) is 12.4 Å². The Balaban J connectivity index is 0.00000225. The summed E-state index contributed by atoms with van der Waals surface area (Å²) in [5.41, 5.74) is 6.59. The first-order valence-corrected chi connectivity index (χ1v) is 5.96. The topological polar surface area (TPSA) is 44.5 Å². The van der Waals surface area contributed by atoms with Crippen LogP contribution in [0.3, 0.4) is 0 Å². The monoisotopic (exact) mass is 263 g/mol. The van der Waals surface area contributed by atoms with Crippen molar-refractivity contribution >= 4 is 24.2 Å². The van der Waals surface area contributed by atoms with Crippen molar-refractivity contribution in [2.45, 2.75) is 5.75 Å². The summed E-state index contributed by atoms with van der Waals surface area (Å²) in [5, 5.41) is 0. The smallest absolute Gasteiger partial charge is 0.164 e. The maximum Gasteiger partial charge on any atom is 0.164 e. The summed E-state index contributed by atoms with van der Waals surface area (Å²) in [5.74, 6) is 3.46. The first-order chi connectivity index (χ1) is 7.33. The van der Waals surface area contributed by atoms with Crippen LogP contribution in [0.15, 0.2) is 18.2 Å². The Morgan fingerprint density at radius 3 is 2.56 bits per heavy atom. The van der Waals surface area contributed by atoms with Gasteiger partial charge in [0.05, 0.1) is 14.2 Å². The lowest BCUT2D eigenvalue weighted by atomic mass is 10.2. The molecule has 92 valence electrons. The molecule has 5 heteroatoms. The molecular weight excluding hydrogens is 246 g/mol. The highest BCUT2D eigenvalue weighted by Crippen LogP contribution is 2.32. The van der Waals surface area contributed by atoms with Crippen molar-refractivity contribution < 1.29 is 9.47 Å². The number of hydrogen-bond donors (Lipinski definition) is 1. The molecule has 0 spiro atoms. The second-order valence-electron chi connectivity index (χ2n) is 2.99. The van der Waals surface area contributed by atoms with Gasteiger partial charge < -0.3 is 15.2 Å². The summed E-state index contributed by atoms with van der Waals surface area (Å²) in [7, 11) is 3.31. The quantitative estimate of drug-likeness (QED) is 0.800. The molecule has 0 fully saturated rings. The van der Waals surface area contributed by atoms with E-state index in [1.165, 1.54) is 0 Å². The maximum atomic E-state index is 5.44. The number of halogens is 1. The Kier molecular flexibility index (Phi) is 8.25. The van der Waals surface area contributed by atoms with Gasteiger partial charge in [-0.25, -0.2) is 0 Å². The van der Waals surface area contributed by atoms with Gasteiger partial charge in [0.1, 0.15) is 0 Å². The van der Waals surface area contributed by atoms with Gasteiger partial charge in [0.15, 0.2) is 11.5 Å². The molecule has 16 heavy (non-hydrogen) atoms. The summed E-state index contributed by atoms with van der Waals surface area (Å²) >= 11 is 1.79. The summed E-state index contributed by atoms with van der Waals surface area (Å²) in [6.45, 7) is 0.705. The third-order valence-electron chi connectivity index (χ3n) is 2.00. The van der Waals surface area contributed by atoms with Crippen molar-refractivity contribution in [2.24, 2.45) is 5.73 Å². The van der Waals surface area contributed by atoms with E-state index in [2.05, 4.69) is 0 Å².